The van der Waals surface area contributed by atoms with Crippen molar-refractivity contribution in [2.75, 3.05) is 31.1 Å². The van der Waals surface area contributed by atoms with Crippen LogP contribution in [-0.4, -0.2) is 50.8 Å². The Hall–Kier alpha value is -3.02. The molecule has 0 spiro atoms. The van der Waals surface area contributed by atoms with Gasteiger partial charge in [0.1, 0.15) is 5.82 Å². The second-order valence-electron chi connectivity index (χ2n) is 6.41. The van der Waals surface area contributed by atoms with Crippen LogP contribution in [0.5, 0.6) is 0 Å². The summed E-state index contributed by atoms with van der Waals surface area (Å²) in [6.45, 7) is 4.17. The molecule has 3 aromatic rings. The molecule has 7 nitrogen and oxygen atoms in total. The van der Waals surface area contributed by atoms with Gasteiger partial charge in [0.2, 0.25) is 4.77 Å². The molecule has 1 aromatic carbocycles. The van der Waals surface area contributed by atoms with Gasteiger partial charge in [0.15, 0.2) is 5.82 Å². The summed E-state index contributed by atoms with van der Waals surface area (Å²) in [6.07, 6.45) is 1.69. The Morgan fingerprint density at radius 1 is 1.11 bits per heavy atom. The van der Waals surface area contributed by atoms with Gasteiger partial charge in [-0.3, -0.25) is 10.00 Å². The van der Waals surface area contributed by atoms with Gasteiger partial charge in [-0.1, -0.05) is 30.3 Å². The van der Waals surface area contributed by atoms with Crippen LogP contribution in [-0.2, 0) is 6.67 Å². The molecule has 136 valence electrons. The molecule has 27 heavy (non-hydrogen) atoms. The molecule has 0 amide bonds. The van der Waals surface area contributed by atoms with E-state index < -0.39 is 0 Å². The van der Waals surface area contributed by atoms with E-state index in [-0.39, 0.29) is 0 Å². The number of nitrogens with one attached hydrogen (secondary N) is 1. The molecule has 0 radical (unpaired) electrons. The highest BCUT2D eigenvalue weighted by molar-refractivity contribution is 7.71. The minimum Gasteiger partial charge on any atom is -0.354 e. The number of hydrogen-bond acceptors (Lipinski definition) is 6. The molecule has 2 aromatic heterocycles. The Morgan fingerprint density at radius 2 is 1.89 bits per heavy atom. The lowest BCUT2D eigenvalue weighted by Crippen LogP contribution is -2.47. The summed E-state index contributed by atoms with van der Waals surface area (Å²) in [5.74, 6) is 1.65. The number of anilines is 1. The summed E-state index contributed by atoms with van der Waals surface area (Å²) >= 11 is 5.41. The summed E-state index contributed by atoms with van der Waals surface area (Å²) in [6, 6.07) is 15.7. The summed E-state index contributed by atoms with van der Waals surface area (Å²) in [7, 11) is 0. The van der Waals surface area contributed by atoms with Crippen LogP contribution in [0.25, 0.3) is 11.4 Å². The van der Waals surface area contributed by atoms with Crippen molar-refractivity contribution in [3.63, 3.8) is 0 Å². The fourth-order valence-corrected chi connectivity index (χ4v) is 3.35. The molecule has 0 bridgehead atoms. The van der Waals surface area contributed by atoms with Crippen LogP contribution in [0.4, 0.5) is 5.82 Å². The maximum Gasteiger partial charge on any atom is 0.217 e. The van der Waals surface area contributed by atoms with E-state index in [0.29, 0.717) is 17.0 Å². The second kappa shape index (κ2) is 7.70. The Bertz CT molecular complexity index is 1010. The normalized spacial score (nSPS) is 14.9. The van der Waals surface area contributed by atoms with Crippen LogP contribution in [0.1, 0.15) is 5.56 Å². The largest absolute Gasteiger partial charge is 0.354 e. The fraction of sp³-hybridized carbons (Fsp3) is 0.263. The quantitative estimate of drug-likeness (QED) is 0.705. The van der Waals surface area contributed by atoms with Gasteiger partial charge in [0.25, 0.3) is 0 Å². The molecule has 1 fully saturated rings. The van der Waals surface area contributed by atoms with Crippen molar-refractivity contribution < 1.29 is 0 Å². The number of benzene rings is 1. The molecule has 0 atom stereocenters. The lowest BCUT2D eigenvalue weighted by molar-refractivity contribution is 0.194. The third-order valence-electron chi connectivity index (χ3n) is 4.64. The zero-order valence-corrected chi connectivity index (χ0v) is 15.6. The van der Waals surface area contributed by atoms with E-state index >= 15 is 0 Å². The zero-order chi connectivity index (χ0) is 18.6. The average molecular weight is 377 g/mol. The van der Waals surface area contributed by atoms with Gasteiger partial charge in [0.05, 0.1) is 18.3 Å². The lowest BCUT2D eigenvalue weighted by Gasteiger charge is -2.35. The predicted octanol–water partition coefficient (Wildman–Crippen LogP) is 2.65. The third-order valence-corrected chi connectivity index (χ3v) is 4.95. The first-order valence-electron chi connectivity index (χ1n) is 8.78. The highest BCUT2D eigenvalue weighted by Crippen LogP contribution is 2.16. The van der Waals surface area contributed by atoms with Gasteiger partial charge < -0.3 is 4.90 Å². The van der Waals surface area contributed by atoms with Crippen LogP contribution in [0, 0.1) is 16.1 Å². The number of hydrogen-bond donors (Lipinski definition) is 1. The van der Waals surface area contributed by atoms with Crippen LogP contribution in [0.3, 0.4) is 0 Å². The number of rotatable bonds is 4. The molecular weight excluding hydrogens is 358 g/mol. The van der Waals surface area contributed by atoms with Gasteiger partial charge in [-0.2, -0.15) is 10.2 Å². The number of aromatic nitrogens is 4. The van der Waals surface area contributed by atoms with Crippen molar-refractivity contribution in [3.8, 4) is 17.5 Å². The fourth-order valence-electron chi connectivity index (χ4n) is 3.16. The first-order valence-corrected chi connectivity index (χ1v) is 9.19. The van der Waals surface area contributed by atoms with Crippen LogP contribution >= 0.6 is 12.2 Å². The number of nitrogens with zero attached hydrogens (tertiary/aromatic N) is 6. The smallest absolute Gasteiger partial charge is 0.217 e. The first kappa shape index (κ1) is 17.4. The summed E-state index contributed by atoms with van der Waals surface area (Å²) in [4.78, 5) is 13.4. The van der Waals surface area contributed by atoms with Crippen LogP contribution < -0.4 is 4.90 Å². The van der Waals surface area contributed by atoms with Crippen molar-refractivity contribution in [2.24, 2.45) is 0 Å². The number of piperazine rings is 1. The van der Waals surface area contributed by atoms with E-state index in [1.165, 1.54) is 0 Å². The topological polar surface area (TPSA) is 76.8 Å². The molecule has 4 rings (SSSR count). The van der Waals surface area contributed by atoms with Crippen molar-refractivity contribution in [1.29, 1.82) is 5.26 Å². The van der Waals surface area contributed by atoms with E-state index in [0.717, 1.165) is 43.4 Å². The average Bonchev–Trinajstić information content (AvgIpc) is 3.09. The minimum absolute atomic E-state index is 0.555. The molecule has 1 aliphatic rings. The van der Waals surface area contributed by atoms with Gasteiger partial charge in [0, 0.05) is 37.9 Å². The highest BCUT2D eigenvalue weighted by atomic mass is 32.1. The molecule has 0 saturated carbocycles. The van der Waals surface area contributed by atoms with E-state index in [1.807, 2.05) is 41.1 Å². The van der Waals surface area contributed by atoms with Gasteiger partial charge >= 0.3 is 0 Å². The number of nitriles is 1. The van der Waals surface area contributed by atoms with Crippen molar-refractivity contribution in [3.05, 3.63) is 59.0 Å². The lowest BCUT2D eigenvalue weighted by atomic mass is 10.2. The van der Waals surface area contributed by atoms with E-state index in [4.69, 9.17) is 17.5 Å². The van der Waals surface area contributed by atoms with Crippen LogP contribution in [0.2, 0.25) is 0 Å². The van der Waals surface area contributed by atoms with Crippen molar-refractivity contribution in [2.45, 2.75) is 6.67 Å². The number of pyridine rings is 1. The standard InChI is InChI=1S/C19H19N7S/c20-13-15-6-7-21-17(12-15)25-10-8-24(9-11-25)14-26-19(27)22-18(23-26)16-4-2-1-3-5-16/h1-7,12H,8-11,14H2,(H,22,23,27). The van der Waals surface area contributed by atoms with E-state index in [2.05, 4.69) is 30.9 Å². The molecule has 0 aliphatic carbocycles. The minimum atomic E-state index is 0.555. The van der Waals surface area contributed by atoms with Gasteiger partial charge in [-0.25, -0.2) is 9.67 Å². The van der Waals surface area contributed by atoms with Crippen LogP contribution in [0.15, 0.2) is 48.7 Å². The Kier molecular flexibility index (Phi) is 4.96. The predicted molar refractivity (Wildman–Crippen MR) is 106 cm³/mol. The SMILES string of the molecule is N#Cc1ccnc(N2CCN(Cn3[nH]c(-c4ccccc4)nc3=S)CC2)c1. The molecule has 0 unspecified atom stereocenters. The Balaban J connectivity index is 1.40. The summed E-state index contributed by atoms with van der Waals surface area (Å²) in [5, 5.41) is 12.4. The second-order valence-corrected chi connectivity index (χ2v) is 6.78. The van der Waals surface area contributed by atoms with Crippen molar-refractivity contribution >= 4 is 18.0 Å². The van der Waals surface area contributed by atoms with E-state index in [9.17, 15) is 0 Å². The molecule has 3 heterocycles. The van der Waals surface area contributed by atoms with Gasteiger partial charge in [-0.05, 0) is 24.4 Å². The monoisotopic (exact) mass is 377 g/mol. The zero-order valence-electron chi connectivity index (χ0n) is 14.7. The Morgan fingerprint density at radius 3 is 2.63 bits per heavy atom. The Labute approximate surface area is 162 Å². The maximum absolute atomic E-state index is 9.05. The molecule has 1 N–H and O–H groups in total. The molecule has 1 saturated heterocycles. The molecular formula is C19H19N7S. The third kappa shape index (κ3) is 3.89. The summed E-state index contributed by atoms with van der Waals surface area (Å²) in [5.41, 5.74) is 1.66. The summed E-state index contributed by atoms with van der Waals surface area (Å²) < 4.78 is 2.46. The van der Waals surface area contributed by atoms with E-state index in [1.54, 1.807) is 12.3 Å². The molecule has 8 heteroatoms. The van der Waals surface area contributed by atoms with Crippen molar-refractivity contribution in [1.82, 2.24) is 24.6 Å². The maximum atomic E-state index is 9.05. The molecule has 1 aliphatic heterocycles. The highest BCUT2D eigenvalue weighted by Gasteiger charge is 2.19. The number of H-pyrrole nitrogens is 1. The van der Waals surface area contributed by atoms with Gasteiger partial charge in [-0.15, -0.1) is 0 Å². The first-order chi connectivity index (χ1) is 13.2. The number of aromatic amines is 1.